The summed E-state index contributed by atoms with van der Waals surface area (Å²) in [5.74, 6) is 0. The molecule has 1 aromatic rings. The Kier molecular flexibility index (Phi) is 5.74. The van der Waals surface area contributed by atoms with E-state index < -0.39 is 0 Å². The summed E-state index contributed by atoms with van der Waals surface area (Å²) in [7, 11) is 0. The van der Waals surface area contributed by atoms with Crippen molar-refractivity contribution in [2.24, 2.45) is 0 Å². The van der Waals surface area contributed by atoms with Gasteiger partial charge in [-0.05, 0) is 0 Å². The van der Waals surface area contributed by atoms with Crippen LogP contribution in [0, 0.1) is 0 Å². The zero-order valence-electron chi connectivity index (χ0n) is 6.74. The Balaban J connectivity index is 2.24. The van der Waals surface area contributed by atoms with Crippen LogP contribution in [-0.2, 0) is 0 Å². The van der Waals surface area contributed by atoms with Gasteiger partial charge in [0.05, 0.1) is 0 Å². The molecule has 0 fully saturated rings. The second-order valence-electron chi connectivity index (χ2n) is 2.31. The first kappa shape index (κ1) is 10.3. The summed E-state index contributed by atoms with van der Waals surface area (Å²) in [6.07, 6.45) is 3.45. The topological polar surface area (TPSA) is 0 Å². The van der Waals surface area contributed by atoms with Crippen molar-refractivity contribution in [2.45, 2.75) is 11.7 Å². The first-order valence-electron chi connectivity index (χ1n) is 3.86. The molecule has 0 amide bonds. The molecule has 1 aromatic carbocycles. The molecule has 0 aliphatic rings. The fourth-order valence-electron chi connectivity index (χ4n) is 0.825. The van der Waals surface area contributed by atoms with Crippen molar-refractivity contribution < 1.29 is 0 Å². The van der Waals surface area contributed by atoms with Crippen molar-refractivity contribution in [1.82, 2.24) is 0 Å². The van der Waals surface area contributed by atoms with Gasteiger partial charge in [-0.3, -0.25) is 0 Å². The predicted octanol–water partition coefficient (Wildman–Crippen LogP) is 2.77. The summed E-state index contributed by atoms with van der Waals surface area (Å²) in [5, 5.41) is 1.32. The molecule has 0 aromatic heterocycles. The van der Waals surface area contributed by atoms with Gasteiger partial charge in [-0.25, -0.2) is 0 Å². The monoisotopic (exact) mass is 338 g/mol. The summed E-state index contributed by atoms with van der Waals surface area (Å²) in [6, 6.07) is 10.7. The third-order valence-corrected chi connectivity index (χ3v) is 4.09. The fraction of sp³-hybridized carbons (Fsp3) is 0.200. The molecule has 0 nitrogen and oxygen atoms in total. The third-order valence-electron chi connectivity index (χ3n) is 1.39. The van der Waals surface area contributed by atoms with E-state index >= 15 is 0 Å². The quantitative estimate of drug-likeness (QED) is 0.450. The van der Waals surface area contributed by atoms with Gasteiger partial charge in [0.15, 0.2) is 0 Å². The molecule has 64 valence electrons. The Morgan fingerprint density at radius 2 is 2.00 bits per heavy atom. The van der Waals surface area contributed by atoms with Crippen LogP contribution < -0.4 is 4.46 Å². The fourth-order valence-corrected chi connectivity index (χ4v) is 2.94. The molecule has 12 heavy (non-hydrogen) atoms. The van der Waals surface area contributed by atoms with E-state index in [0.717, 1.165) is 0 Å². The summed E-state index contributed by atoms with van der Waals surface area (Å²) in [6.45, 7) is 0. The molecule has 0 N–H and O–H groups in total. The van der Waals surface area contributed by atoms with Gasteiger partial charge in [-0.1, -0.05) is 0 Å². The molecule has 0 aliphatic heterocycles. The first-order chi connectivity index (χ1) is 5.93. The van der Waals surface area contributed by atoms with Gasteiger partial charge < -0.3 is 0 Å². The Morgan fingerprint density at radius 1 is 1.25 bits per heavy atom. The zero-order valence-corrected chi connectivity index (χ0v) is 10.6. The van der Waals surface area contributed by atoms with Crippen molar-refractivity contribution in [3.63, 3.8) is 0 Å². The van der Waals surface area contributed by atoms with Crippen molar-refractivity contribution in [2.75, 3.05) is 0 Å². The van der Waals surface area contributed by atoms with E-state index in [9.17, 15) is 0 Å². The van der Waals surface area contributed by atoms with E-state index in [-0.39, 0.29) is 0 Å². The van der Waals surface area contributed by atoms with Gasteiger partial charge in [0.1, 0.15) is 0 Å². The normalized spacial score (nSPS) is 10.8. The molecule has 0 unspecified atom stereocenters. The molecule has 0 spiro atoms. The molecule has 1 rings (SSSR count). The molecule has 2 heteroatoms. The average molecular weight is 337 g/mol. The molecule has 0 radical (unpaired) electrons. The van der Waals surface area contributed by atoms with Gasteiger partial charge in [0.2, 0.25) is 0 Å². The molecular weight excluding hydrogens is 326 g/mol. The Bertz CT molecular complexity index is 231. The summed E-state index contributed by atoms with van der Waals surface area (Å²) < 4.78 is 3.60. The van der Waals surface area contributed by atoms with Crippen molar-refractivity contribution in [3.05, 3.63) is 40.5 Å². The number of benzene rings is 1. The third kappa shape index (κ3) is 4.29. The predicted molar refractivity (Wildman–Crippen MR) is 64.4 cm³/mol. The minimum absolute atomic E-state index is 0.664. The molecule has 0 saturated heterocycles. The maximum atomic E-state index is 2.27. The molecule has 0 saturated carbocycles. The van der Waals surface area contributed by atoms with Gasteiger partial charge in [-0.2, -0.15) is 0 Å². The standard InChI is InChI=1S/C10H11ISe/c11-8-4-5-9-12-10-6-2-1-3-7-10/h1-4,6-8H,5,9H2/b8-4+. The number of hydrogen-bond donors (Lipinski definition) is 0. The van der Waals surface area contributed by atoms with Crippen LogP contribution in [0.5, 0.6) is 0 Å². The second-order valence-corrected chi connectivity index (χ2v) is 5.48. The maximum absolute atomic E-state index is 2.27. The van der Waals surface area contributed by atoms with Crippen LogP contribution in [0.2, 0.25) is 5.32 Å². The Hall–Kier alpha value is 0.209. The van der Waals surface area contributed by atoms with Crippen molar-refractivity contribution in [3.8, 4) is 0 Å². The second kappa shape index (κ2) is 6.70. The molecular formula is C10H11ISe. The summed E-state index contributed by atoms with van der Waals surface area (Å²) >= 11 is 2.93. The van der Waals surface area contributed by atoms with E-state index in [0.29, 0.717) is 15.0 Å². The molecule has 0 bridgehead atoms. The summed E-state index contributed by atoms with van der Waals surface area (Å²) in [5.41, 5.74) is 0. The van der Waals surface area contributed by atoms with Crippen molar-refractivity contribution in [1.29, 1.82) is 0 Å². The van der Waals surface area contributed by atoms with Crippen LogP contribution in [0.15, 0.2) is 40.5 Å². The van der Waals surface area contributed by atoms with E-state index in [4.69, 9.17) is 0 Å². The molecule has 0 heterocycles. The van der Waals surface area contributed by atoms with E-state index in [1.807, 2.05) is 0 Å². The van der Waals surface area contributed by atoms with Crippen LogP contribution in [-0.4, -0.2) is 15.0 Å². The van der Waals surface area contributed by atoms with Crippen molar-refractivity contribution >= 4 is 42.0 Å². The van der Waals surface area contributed by atoms with Crippen LogP contribution in [0.3, 0.4) is 0 Å². The zero-order chi connectivity index (χ0) is 8.65. The van der Waals surface area contributed by atoms with Gasteiger partial charge in [-0.15, -0.1) is 0 Å². The van der Waals surface area contributed by atoms with Gasteiger partial charge in [0, 0.05) is 0 Å². The van der Waals surface area contributed by atoms with Crippen LogP contribution in [0.4, 0.5) is 0 Å². The Labute approximate surface area is 93.7 Å². The van der Waals surface area contributed by atoms with Gasteiger partial charge in [0.25, 0.3) is 0 Å². The molecule has 0 aliphatic carbocycles. The average Bonchev–Trinajstić information content (AvgIpc) is 2.14. The Morgan fingerprint density at radius 3 is 2.67 bits per heavy atom. The number of halogens is 1. The summed E-state index contributed by atoms with van der Waals surface area (Å²) in [4.78, 5) is 0. The minimum atomic E-state index is 0.664. The van der Waals surface area contributed by atoms with Gasteiger partial charge >= 0.3 is 94.2 Å². The number of allylic oxidation sites excluding steroid dienone is 1. The molecule has 0 atom stereocenters. The van der Waals surface area contributed by atoms with E-state index in [2.05, 4.69) is 63.1 Å². The SMILES string of the molecule is I/C=C/CC[Se]c1ccccc1. The van der Waals surface area contributed by atoms with E-state index in [1.54, 1.807) is 0 Å². The number of hydrogen-bond acceptors (Lipinski definition) is 0. The van der Waals surface area contributed by atoms with Crippen LogP contribution in [0.25, 0.3) is 0 Å². The number of rotatable bonds is 4. The van der Waals surface area contributed by atoms with Crippen LogP contribution >= 0.6 is 22.6 Å². The first-order valence-corrected chi connectivity index (χ1v) is 7.18. The van der Waals surface area contributed by atoms with Crippen LogP contribution in [0.1, 0.15) is 6.42 Å². The van der Waals surface area contributed by atoms with E-state index in [1.165, 1.54) is 16.2 Å².